The van der Waals surface area contributed by atoms with E-state index in [-0.39, 0.29) is 5.78 Å². The molecule has 0 N–H and O–H groups in total. The zero-order valence-corrected chi connectivity index (χ0v) is 11.8. The molecule has 1 aromatic carbocycles. The van der Waals surface area contributed by atoms with Crippen LogP contribution >= 0.6 is 11.3 Å². The van der Waals surface area contributed by atoms with Crippen LogP contribution in [0.15, 0.2) is 47.4 Å². The van der Waals surface area contributed by atoms with Crippen LogP contribution in [0.2, 0.25) is 0 Å². The van der Waals surface area contributed by atoms with Crippen molar-refractivity contribution in [3.63, 3.8) is 0 Å². The summed E-state index contributed by atoms with van der Waals surface area (Å²) < 4.78 is 0. The predicted octanol–water partition coefficient (Wildman–Crippen LogP) is 2.76. The fraction of sp³-hybridized carbons (Fsp3) is 0.118. The topological polar surface area (TPSA) is 17.1 Å². The van der Waals surface area contributed by atoms with Gasteiger partial charge in [0.2, 0.25) is 0 Å². The predicted molar refractivity (Wildman–Crippen MR) is 81.2 cm³/mol. The largest absolute Gasteiger partial charge is 0.289 e. The third-order valence-electron chi connectivity index (χ3n) is 3.55. The Bertz CT molecular complexity index is 792. The number of carbonyl (C=O) groups is 1. The second-order valence-corrected chi connectivity index (χ2v) is 5.68. The standard InChI is InChI=1S/C17H14OS/c1-11-14-7-3-4-8-15(14)12(2)17(18)16(11)10-13-6-5-9-19-13/h3-10H,1-2H3. The average Bonchev–Trinajstić information content (AvgIpc) is 2.94. The van der Waals surface area contributed by atoms with Crippen molar-refractivity contribution >= 4 is 34.3 Å². The van der Waals surface area contributed by atoms with Gasteiger partial charge in [0.25, 0.3) is 0 Å². The Balaban J connectivity index is 2.33. The summed E-state index contributed by atoms with van der Waals surface area (Å²) in [5.74, 6) is 0.143. The number of hydrogen-bond donors (Lipinski definition) is 0. The van der Waals surface area contributed by atoms with Gasteiger partial charge in [-0.25, -0.2) is 0 Å². The normalized spacial score (nSPS) is 16.9. The second kappa shape index (κ2) is 4.63. The van der Waals surface area contributed by atoms with Crippen LogP contribution in [0.5, 0.6) is 0 Å². The highest BCUT2D eigenvalue weighted by atomic mass is 32.1. The minimum absolute atomic E-state index is 0.143. The van der Waals surface area contributed by atoms with E-state index in [0.717, 1.165) is 26.8 Å². The van der Waals surface area contributed by atoms with Crippen molar-refractivity contribution in [3.8, 4) is 0 Å². The van der Waals surface area contributed by atoms with Gasteiger partial charge >= 0.3 is 0 Å². The molecule has 0 saturated heterocycles. The molecule has 2 heteroatoms. The van der Waals surface area contributed by atoms with Crippen molar-refractivity contribution < 1.29 is 4.79 Å². The Morgan fingerprint density at radius 3 is 2.26 bits per heavy atom. The van der Waals surface area contributed by atoms with E-state index in [4.69, 9.17) is 0 Å². The minimum atomic E-state index is 0.143. The first-order valence-corrected chi connectivity index (χ1v) is 7.13. The van der Waals surface area contributed by atoms with Gasteiger partial charge in [0.15, 0.2) is 5.78 Å². The number of thiophene rings is 1. The van der Waals surface area contributed by atoms with Crippen molar-refractivity contribution in [1.82, 2.24) is 0 Å². The number of carbonyl (C=O) groups excluding carboxylic acids is 1. The van der Waals surface area contributed by atoms with Gasteiger partial charge in [0, 0.05) is 16.0 Å². The lowest BCUT2D eigenvalue weighted by atomic mass is 9.89. The molecule has 2 aromatic rings. The molecule has 1 nitrogen and oxygen atoms in total. The van der Waals surface area contributed by atoms with E-state index >= 15 is 0 Å². The molecule has 0 aliphatic heterocycles. The summed E-state index contributed by atoms with van der Waals surface area (Å²) in [5, 5.41) is 4.26. The molecule has 0 fully saturated rings. The molecule has 0 bridgehead atoms. The van der Waals surface area contributed by atoms with Crippen LogP contribution in [-0.2, 0) is 4.79 Å². The summed E-state index contributed by atoms with van der Waals surface area (Å²) in [5.41, 5.74) is 2.72. The van der Waals surface area contributed by atoms with E-state index in [9.17, 15) is 4.79 Å². The first-order valence-electron chi connectivity index (χ1n) is 6.25. The number of benzene rings is 1. The molecule has 0 saturated carbocycles. The van der Waals surface area contributed by atoms with Gasteiger partial charge in [-0.1, -0.05) is 30.3 Å². The van der Waals surface area contributed by atoms with Crippen LogP contribution in [-0.4, -0.2) is 5.78 Å². The van der Waals surface area contributed by atoms with Crippen LogP contribution in [0.25, 0.3) is 17.2 Å². The average molecular weight is 266 g/mol. The fourth-order valence-corrected chi connectivity index (χ4v) is 3.12. The maximum absolute atomic E-state index is 12.5. The highest BCUT2D eigenvalue weighted by Gasteiger charge is 2.19. The summed E-state index contributed by atoms with van der Waals surface area (Å²) in [7, 11) is 0. The lowest BCUT2D eigenvalue weighted by molar-refractivity contribution is -0.110. The van der Waals surface area contributed by atoms with Gasteiger partial charge in [-0.3, -0.25) is 4.79 Å². The number of Topliss-reactive ketones (excluding diaryl/α,β-unsaturated/α-hetero) is 1. The van der Waals surface area contributed by atoms with Crippen LogP contribution in [0.3, 0.4) is 0 Å². The van der Waals surface area contributed by atoms with E-state index in [1.54, 1.807) is 11.3 Å². The van der Waals surface area contributed by atoms with E-state index in [1.807, 2.05) is 55.6 Å². The van der Waals surface area contributed by atoms with Gasteiger partial charge < -0.3 is 0 Å². The molecule has 0 spiro atoms. The highest BCUT2D eigenvalue weighted by Crippen LogP contribution is 2.22. The quantitative estimate of drug-likeness (QED) is 0.725. The smallest absolute Gasteiger partial charge is 0.189 e. The fourth-order valence-electron chi connectivity index (χ4n) is 2.47. The summed E-state index contributed by atoms with van der Waals surface area (Å²) in [6.07, 6.45) is 2.00. The minimum Gasteiger partial charge on any atom is -0.289 e. The van der Waals surface area contributed by atoms with Gasteiger partial charge in [-0.05, 0) is 47.4 Å². The first-order chi connectivity index (χ1) is 9.18. The Morgan fingerprint density at radius 1 is 0.947 bits per heavy atom. The molecule has 1 aliphatic carbocycles. The van der Waals surface area contributed by atoms with E-state index in [0.29, 0.717) is 0 Å². The Kier molecular flexibility index (Phi) is 2.96. The number of allylic oxidation sites excluding steroid dienone is 1. The van der Waals surface area contributed by atoms with Gasteiger partial charge in [0.1, 0.15) is 0 Å². The van der Waals surface area contributed by atoms with Crippen molar-refractivity contribution in [2.24, 2.45) is 0 Å². The maximum Gasteiger partial charge on any atom is 0.189 e. The highest BCUT2D eigenvalue weighted by molar-refractivity contribution is 7.10. The number of ketones is 1. The van der Waals surface area contributed by atoms with Gasteiger partial charge in [0.05, 0.1) is 0 Å². The van der Waals surface area contributed by atoms with Crippen molar-refractivity contribution in [1.29, 1.82) is 0 Å². The summed E-state index contributed by atoms with van der Waals surface area (Å²) in [6, 6.07) is 12.2. The number of fused-ring (bicyclic) bond motifs is 1. The monoisotopic (exact) mass is 266 g/mol. The Hall–Kier alpha value is -1.93. The van der Waals surface area contributed by atoms with E-state index in [2.05, 4.69) is 6.07 Å². The van der Waals surface area contributed by atoms with Crippen molar-refractivity contribution in [2.75, 3.05) is 0 Å². The molecule has 1 aliphatic rings. The van der Waals surface area contributed by atoms with Crippen molar-refractivity contribution in [2.45, 2.75) is 13.8 Å². The van der Waals surface area contributed by atoms with E-state index < -0.39 is 0 Å². The summed E-state index contributed by atoms with van der Waals surface area (Å²) >= 11 is 1.65. The third-order valence-corrected chi connectivity index (χ3v) is 4.37. The third kappa shape index (κ3) is 1.98. The van der Waals surface area contributed by atoms with Crippen LogP contribution in [0, 0.1) is 0 Å². The Morgan fingerprint density at radius 2 is 1.63 bits per heavy atom. The molecular weight excluding hydrogens is 252 g/mol. The molecule has 1 heterocycles. The number of rotatable bonds is 1. The molecule has 94 valence electrons. The van der Waals surface area contributed by atoms with Crippen LogP contribution in [0.1, 0.15) is 18.7 Å². The molecule has 0 radical (unpaired) electrons. The van der Waals surface area contributed by atoms with Crippen molar-refractivity contribution in [3.05, 3.63) is 62.7 Å². The first kappa shape index (κ1) is 12.1. The second-order valence-electron chi connectivity index (χ2n) is 4.70. The van der Waals surface area contributed by atoms with E-state index in [1.165, 1.54) is 5.22 Å². The lowest BCUT2D eigenvalue weighted by Gasteiger charge is -2.14. The van der Waals surface area contributed by atoms with Gasteiger partial charge in [-0.2, -0.15) is 0 Å². The zero-order valence-electron chi connectivity index (χ0n) is 10.9. The molecule has 0 unspecified atom stereocenters. The summed E-state index contributed by atoms with van der Waals surface area (Å²) in [4.78, 5) is 13.6. The zero-order chi connectivity index (χ0) is 13.4. The molecule has 0 amide bonds. The molecule has 0 atom stereocenters. The molecule has 19 heavy (non-hydrogen) atoms. The molecular formula is C17H14OS. The maximum atomic E-state index is 12.5. The number of hydrogen-bond acceptors (Lipinski definition) is 2. The lowest BCUT2D eigenvalue weighted by Crippen LogP contribution is -2.35. The van der Waals surface area contributed by atoms with Crippen LogP contribution in [0.4, 0.5) is 0 Å². The van der Waals surface area contributed by atoms with Gasteiger partial charge in [-0.15, -0.1) is 11.3 Å². The Labute approximate surface area is 116 Å². The molecule has 3 rings (SSSR count). The SMILES string of the molecule is CC1=c2ccccc2=C(C)C(=Cc2cccs2)C1=O. The summed E-state index contributed by atoms with van der Waals surface area (Å²) in [6.45, 7) is 3.94. The van der Waals surface area contributed by atoms with Crippen LogP contribution < -0.4 is 10.4 Å². The molecule has 1 aromatic heterocycles.